The van der Waals surface area contributed by atoms with Crippen LogP contribution in [-0.4, -0.2) is 4.98 Å². The monoisotopic (exact) mass is 203 g/mol. The number of anilines is 1. The fourth-order valence-electron chi connectivity index (χ4n) is 1.52. The highest BCUT2D eigenvalue weighted by molar-refractivity contribution is 5.48. The zero-order valence-electron chi connectivity index (χ0n) is 8.47. The van der Waals surface area contributed by atoms with Crippen molar-refractivity contribution in [3.05, 3.63) is 47.7 Å². The van der Waals surface area contributed by atoms with Gasteiger partial charge in [0.2, 0.25) is 0 Å². The summed E-state index contributed by atoms with van der Waals surface area (Å²) >= 11 is 0. The molecule has 2 rings (SSSR count). The molecule has 2 heterocycles. The lowest BCUT2D eigenvalue weighted by Crippen LogP contribution is -2.14. The number of aryl methyl sites for hydroxylation is 1. The standard InChI is InChI=1S/C11H13N3O/c1-7-3-5-15-11(7)10(13)8-6-14-4-2-9(8)12/h2-6,10H,13H2,1H3,(H2,12,14). The maximum absolute atomic E-state index is 6.05. The zero-order chi connectivity index (χ0) is 10.8. The first-order chi connectivity index (χ1) is 7.20. The third-order valence-corrected chi connectivity index (χ3v) is 2.41. The molecule has 0 aliphatic carbocycles. The van der Waals surface area contributed by atoms with Gasteiger partial charge in [-0.3, -0.25) is 4.98 Å². The normalized spacial score (nSPS) is 12.7. The molecule has 2 aromatic rings. The Bertz CT molecular complexity index is 464. The molecular formula is C11H13N3O. The molecule has 0 aliphatic rings. The molecule has 1 unspecified atom stereocenters. The maximum atomic E-state index is 6.05. The molecule has 0 spiro atoms. The number of nitrogens with zero attached hydrogens (tertiary/aromatic N) is 1. The van der Waals surface area contributed by atoms with Crippen LogP contribution in [0.25, 0.3) is 0 Å². The van der Waals surface area contributed by atoms with Gasteiger partial charge in [0.05, 0.1) is 12.3 Å². The van der Waals surface area contributed by atoms with Gasteiger partial charge < -0.3 is 15.9 Å². The largest absolute Gasteiger partial charge is 0.467 e. The Morgan fingerprint density at radius 1 is 1.40 bits per heavy atom. The number of rotatable bonds is 2. The highest BCUT2D eigenvalue weighted by Crippen LogP contribution is 2.26. The number of nitrogen functional groups attached to an aromatic ring is 1. The molecule has 4 heteroatoms. The fraction of sp³-hybridized carbons (Fsp3) is 0.182. The summed E-state index contributed by atoms with van der Waals surface area (Å²) in [6.45, 7) is 1.95. The smallest absolute Gasteiger partial charge is 0.128 e. The van der Waals surface area contributed by atoms with Gasteiger partial charge in [-0.25, -0.2) is 0 Å². The van der Waals surface area contributed by atoms with Crippen LogP contribution in [0.3, 0.4) is 0 Å². The predicted octanol–water partition coefficient (Wildman–Crippen LogP) is 1.61. The SMILES string of the molecule is Cc1ccoc1C(N)c1cnccc1N. The molecule has 2 aromatic heterocycles. The Kier molecular flexibility index (Phi) is 2.43. The molecule has 0 fully saturated rings. The molecule has 0 bridgehead atoms. The average molecular weight is 203 g/mol. The summed E-state index contributed by atoms with van der Waals surface area (Å²) in [5.74, 6) is 0.731. The molecule has 0 amide bonds. The Labute approximate surface area is 87.9 Å². The van der Waals surface area contributed by atoms with Gasteiger partial charge in [0.1, 0.15) is 5.76 Å². The molecule has 4 N–H and O–H groups in total. The number of pyridine rings is 1. The van der Waals surface area contributed by atoms with Crippen LogP contribution in [0, 0.1) is 6.92 Å². The van der Waals surface area contributed by atoms with E-state index < -0.39 is 0 Å². The van der Waals surface area contributed by atoms with Gasteiger partial charge in [0.15, 0.2) is 0 Å². The van der Waals surface area contributed by atoms with E-state index in [-0.39, 0.29) is 6.04 Å². The highest BCUT2D eigenvalue weighted by Gasteiger charge is 2.16. The van der Waals surface area contributed by atoms with Crippen LogP contribution in [-0.2, 0) is 0 Å². The third-order valence-electron chi connectivity index (χ3n) is 2.41. The first-order valence-corrected chi connectivity index (χ1v) is 4.69. The van der Waals surface area contributed by atoms with Crippen molar-refractivity contribution in [2.45, 2.75) is 13.0 Å². The van der Waals surface area contributed by atoms with Crippen molar-refractivity contribution >= 4 is 5.69 Å². The molecule has 0 aliphatic heterocycles. The van der Waals surface area contributed by atoms with E-state index in [1.807, 2.05) is 13.0 Å². The van der Waals surface area contributed by atoms with E-state index in [4.69, 9.17) is 15.9 Å². The summed E-state index contributed by atoms with van der Waals surface area (Å²) in [5, 5.41) is 0. The Morgan fingerprint density at radius 3 is 2.80 bits per heavy atom. The predicted molar refractivity (Wildman–Crippen MR) is 58.1 cm³/mol. The summed E-state index contributed by atoms with van der Waals surface area (Å²) in [7, 11) is 0. The summed E-state index contributed by atoms with van der Waals surface area (Å²) < 4.78 is 5.33. The van der Waals surface area contributed by atoms with E-state index in [1.54, 1.807) is 24.7 Å². The Hall–Kier alpha value is -1.81. The van der Waals surface area contributed by atoms with Crippen LogP contribution in [0.2, 0.25) is 0 Å². The summed E-state index contributed by atoms with van der Waals surface area (Å²) in [6.07, 6.45) is 4.93. The topological polar surface area (TPSA) is 78.1 Å². The quantitative estimate of drug-likeness (QED) is 0.777. The van der Waals surface area contributed by atoms with E-state index in [9.17, 15) is 0 Å². The van der Waals surface area contributed by atoms with Crippen molar-refractivity contribution in [3.8, 4) is 0 Å². The Balaban J connectivity index is 2.41. The van der Waals surface area contributed by atoms with Crippen LogP contribution in [0.1, 0.15) is 22.9 Å². The Morgan fingerprint density at radius 2 is 2.20 bits per heavy atom. The van der Waals surface area contributed by atoms with Crippen LogP contribution in [0.15, 0.2) is 35.2 Å². The van der Waals surface area contributed by atoms with Crippen molar-refractivity contribution < 1.29 is 4.42 Å². The van der Waals surface area contributed by atoms with Gasteiger partial charge in [-0.05, 0) is 24.6 Å². The van der Waals surface area contributed by atoms with Gasteiger partial charge in [-0.1, -0.05) is 0 Å². The molecule has 0 radical (unpaired) electrons. The van der Waals surface area contributed by atoms with Crippen molar-refractivity contribution in [1.82, 2.24) is 4.98 Å². The number of aromatic nitrogens is 1. The lowest BCUT2D eigenvalue weighted by atomic mass is 10.0. The van der Waals surface area contributed by atoms with Gasteiger partial charge in [0, 0.05) is 23.6 Å². The van der Waals surface area contributed by atoms with Crippen LogP contribution in [0.5, 0.6) is 0 Å². The van der Waals surface area contributed by atoms with Crippen LogP contribution < -0.4 is 11.5 Å². The van der Waals surface area contributed by atoms with E-state index in [0.717, 1.165) is 16.9 Å². The molecular weight excluding hydrogens is 190 g/mol. The second kappa shape index (κ2) is 3.74. The lowest BCUT2D eigenvalue weighted by Gasteiger charge is -2.12. The van der Waals surface area contributed by atoms with Gasteiger partial charge in [0.25, 0.3) is 0 Å². The minimum Gasteiger partial charge on any atom is -0.467 e. The summed E-state index contributed by atoms with van der Waals surface area (Å²) in [4.78, 5) is 4.00. The molecule has 4 nitrogen and oxygen atoms in total. The third kappa shape index (κ3) is 1.71. The van der Waals surface area contributed by atoms with Crippen LogP contribution >= 0.6 is 0 Å². The van der Waals surface area contributed by atoms with E-state index in [0.29, 0.717) is 5.69 Å². The van der Waals surface area contributed by atoms with Crippen molar-refractivity contribution in [1.29, 1.82) is 0 Å². The zero-order valence-corrected chi connectivity index (χ0v) is 8.47. The van der Waals surface area contributed by atoms with E-state index in [2.05, 4.69) is 4.98 Å². The van der Waals surface area contributed by atoms with Crippen molar-refractivity contribution in [3.63, 3.8) is 0 Å². The van der Waals surface area contributed by atoms with Gasteiger partial charge in [-0.15, -0.1) is 0 Å². The lowest BCUT2D eigenvalue weighted by molar-refractivity contribution is 0.487. The molecule has 0 aromatic carbocycles. The first kappa shape index (κ1) is 9.73. The minimum atomic E-state index is -0.353. The summed E-state index contributed by atoms with van der Waals surface area (Å²) in [6, 6.07) is 3.25. The van der Waals surface area contributed by atoms with Crippen molar-refractivity contribution in [2.75, 3.05) is 5.73 Å². The number of hydrogen-bond acceptors (Lipinski definition) is 4. The first-order valence-electron chi connectivity index (χ1n) is 4.69. The second-order valence-corrected chi connectivity index (χ2v) is 3.45. The second-order valence-electron chi connectivity index (χ2n) is 3.45. The van der Waals surface area contributed by atoms with E-state index >= 15 is 0 Å². The minimum absolute atomic E-state index is 0.353. The molecule has 1 atom stereocenters. The average Bonchev–Trinajstić information content (AvgIpc) is 2.64. The molecule has 0 saturated carbocycles. The summed E-state index contributed by atoms with van der Waals surface area (Å²) in [5.41, 5.74) is 14.3. The van der Waals surface area contributed by atoms with Gasteiger partial charge in [-0.2, -0.15) is 0 Å². The number of nitrogens with two attached hydrogens (primary N) is 2. The van der Waals surface area contributed by atoms with Crippen molar-refractivity contribution in [2.24, 2.45) is 5.73 Å². The number of furan rings is 1. The number of hydrogen-bond donors (Lipinski definition) is 2. The maximum Gasteiger partial charge on any atom is 0.128 e. The highest BCUT2D eigenvalue weighted by atomic mass is 16.3. The molecule has 15 heavy (non-hydrogen) atoms. The van der Waals surface area contributed by atoms with Crippen LogP contribution in [0.4, 0.5) is 5.69 Å². The molecule has 78 valence electrons. The van der Waals surface area contributed by atoms with Gasteiger partial charge >= 0.3 is 0 Å². The fourth-order valence-corrected chi connectivity index (χ4v) is 1.52. The molecule has 0 saturated heterocycles. The van der Waals surface area contributed by atoms with E-state index in [1.165, 1.54) is 0 Å².